The molecule has 1 aliphatic heterocycles. The highest BCUT2D eigenvalue weighted by molar-refractivity contribution is 5.99. The second-order valence-electron chi connectivity index (χ2n) is 7.86. The number of hydrogen-bond donors (Lipinski definition) is 1. The van der Waals surface area contributed by atoms with E-state index in [1.54, 1.807) is 24.7 Å². The topological polar surface area (TPSA) is 59.8 Å². The van der Waals surface area contributed by atoms with E-state index < -0.39 is 5.67 Å². The van der Waals surface area contributed by atoms with Gasteiger partial charge in [-0.25, -0.2) is 4.39 Å². The van der Waals surface area contributed by atoms with E-state index >= 15 is 0 Å². The van der Waals surface area contributed by atoms with Crippen LogP contribution in [-0.4, -0.2) is 26.3 Å². The first-order valence-electron chi connectivity index (χ1n) is 9.41. The molecule has 0 unspecified atom stereocenters. The molecule has 0 spiro atoms. The molecule has 0 radical (unpaired) electrons. The quantitative estimate of drug-likeness (QED) is 0.720. The minimum atomic E-state index is -1.23. The summed E-state index contributed by atoms with van der Waals surface area (Å²) in [5.41, 5.74) is 4.94. The lowest BCUT2D eigenvalue weighted by Gasteiger charge is -2.13. The molecule has 5 nitrogen and oxygen atoms in total. The Morgan fingerprint density at radius 2 is 2.00 bits per heavy atom. The molecule has 6 heteroatoms. The third-order valence-corrected chi connectivity index (χ3v) is 4.98. The second kappa shape index (κ2) is 6.86. The highest BCUT2D eigenvalue weighted by Gasteiger charge is 2.21. The molecule has 1 aliphatic rings. The highest BCUT2D eigenvalue weighted by Crippen LogP contribution is 2.32. The number of aromatic nitrogens is 3. The summed E-state index contributed by atoms with van der Waals surface area (Å²) in [6.45, 7) is 6.17. The molecule has 4 rings (SSSR count). The summed E-state index contributed by atoms with van der Waals surface area (Å²) in [6.07, 6.45) is 4.09. The smallest absolute Gasteiger partial charge is 0.251 e. The van der Waals surface area contributed by atoms with Gasteiger partial charge in [-0.15, -0.1) is 0 Å². The highest BCUT2D eigenvalue weighted by atomic mass is 19.1. The van der Waals surface area contributed by atoms with Crippen LogP contribution in [0.4, 0.5) is 4.39 Å². The number of pyridine rings is 1. The fraction of sp³-hybridized carbons (Fsp3) is 0.318. The first kappa shape index (κ1) is 18.3. The van der Waals surface area contributed by atoms with Crippen LogP contribution in [0.5, 0.6) is 0 Å². The number of carbonyl (C=O) groups excluding carboxylic acids is 1. The number of halogens is 1. The van der Waals surface area contributed by atoms with Gasteiger partial charge in [0, 0.05) is 53.7 Å². The molecule has 0 fully saturated rings. The van der Waals surface area contributed by atoms with Crippen molar-refractivity contribution < 1.29 is 9.18 Å². The Labute approximate surface area is 163 Å². The first-order chi connectivity index (χ1) is 13.3. The normalized spacial score (nSPS) is 13.5. The second-order valence-corrected chi connectivity index (χ2v) is 7.86. The number of benzene rings is 1. The molecule has 0 aliphatic carbocycles. The van der Waals surface area contributed by atoms with Crippen molar-refractivity contribution in [2.45, 2.75) is 46.0 Å². The number of nitrogens with one attached hydrogen (secondary N) is 1. The standard InChI is InChI=1S/C22H23FN4O/c1-14-4-7-18(17-12-25-27(13-17)9-8-22(2,3)23)20(26-14)15-5-6-16-11-24-21(28)19(16)10-15/h4-7,10,12-13H,8-9,11H2,1-3H3,(H,24,28). The summed E-state index contributed by atoms with van der Waals surface area (Å²) in [7, 11) is 0. The van der Waals surface area contributed by atoms with Crippen molar-refractivity contribution >= 4 is 5.91 Å². The summed E-state index contributed by atoms with van der Waals surface area (Å²) < 4.78 is 15.6. The number of alkyl halides is 1. The third kappa shape index (κ3) is 3.67. The fourth-order valence-corrected chi connectivity index (χ4v) is 3.38. The molecule has 144 valence electrons. The van der Waals surface area contributed by atoms with Gasteiger partial charge in [0.25, 0.3) is 5.91 Å². The van der Waals surface area contributed by atoms with E-state index in [0.717, 1.165) is 33.6 Å². The Balaban J connectivity index is 1.71. The summed E-state index contributed by atoms with van der Waals surface area (Å²) in [4.78, 5) is 16.8. The summed E-state index contributed by atoms with van der Waals surface area (Å²) in [6, 6.07) is 9.86. The van der Waals surface area contributed by atoms with Crippen LogP contribution >= 0.6 is 0 Å². The van der Waals surface area contributed by atoms with Crippen molar-refractivity contribution in [2.24, 2.45) is 0 Å². The van der Waals surface area contributed by atoms with Crippen LogP contribution in [0.3, 0.4) is 0 Å². The SMILES string of the molecule is Cc1ccc(-c2cnn(CCC(C)(C)F)c2)c(-c2ccc3c(c2)C(=O)NC3)n1. The Morgan fingerprint density at radius 1 is 1.18 bits per heavy atom. The van der Waals surface area contributed by atoms with Crippen LogP contribution in [0.2, 0.25) is 0 Å². The van der Waals surface area contributed by atoms with Crippen LogP contribution in [0.25, 0.3) is 22.4 Å². The predicted octanol–water partition coefficient (Wildman–Crippen LogP) is 4.30. The maximum Gasteiger partial charge on any atom is 0.251 e. The van der Waals surface area contributed by atoms with E-state index in [2.05, 4.69) is 10.4 Å². The van der Waals surface area contributed by atoms with Crippen molar-refractivity contribution in [2.75, 3.05) is 0 Å². The minimum Gasteiger partial charge on any atom is -0.348 e. The van der Waals surface area contributed by atoms with Gasteiger partial charge in [-0.2, -0.15) is 5.10 Å². The van der Waals surface area contributed by atoms with Crippen molar-refractivity contribution in [3.63, 3.8) is 0 Å². The van der Waals surface area contributed by atoms with Crippen LogP contribution in [-0.2, 0) is 13.1 Å². The summed E-state index contributed by atoms with van der Waals surface area (Å²) >= 11 is 0. The average molecular weight is 378 g/mol. The van der Waals surface area contributed by atoms with Crippen LogP contribution in [0, 0.1) is 6.92 Å². The number of hydrogen-bond acceptors (Lipinski definition) is 3. The fourth-order valence-electron chi connectivity index (χ4n) is 3.38. The van der Waals surface area contributed by atoms with Crippen molar-refractivity contribution in [3.8, 4) is 22.4 Å². The van der Waals surface area contributed by atoms with Crippen LogP contribution in [0.1, 0.15) is 41.9 Å². The summed E-state index contributed by atoms with van der Waals surface area (Å²) in [5.74, 6) is -0.0484. The van der Waals surface area contributed by atoms with E-state index in [4.69, 9.17) is 4.98 Å². The van der Waals surface area contributed by atoms with Gasteiger partial charge in [-0.3, -0.25) is 14.5 Å². The molecule has 0 saturated carbocycles. The molecule has 3 heterocycles. The predicted molar refractivity (Wildman–Crippen MR) is 107 cm³/mol. The van der Waals surface area contributed by atoms with E-state index in [0.29, 0.717) is 25.1 Å². The Bertz CT molecular complexity index is 1050. The Hall–Kier alpha value is -3.02. The number of amides is 1. The monoisotopic (exact) mass is 378 g/mol. The van der Waals surface area contributed by atoms with Gasteiger partial charge in [-0.05, 0) is 38.5 Å². The van der Waals surface area contributed by atoms with Crippen LogP contribution in [0.15, 0.2) is 42.7 Å². The molecule has 28 heavy (non-hydrogen) atoms. The molecular weight excluding hydrogens is 355 g/mol. The lowest BCUT2D eigenvalue weighted by molar-refractivity contribution is 0.0965. The Kier molecular flexibility index (Phi) is 4.49. The van der Waals surface area contributed by atoms with Crippen molar-refractivity contribution in [3.05, 3.63) is 59.5 Å². The number of carbonyl (C=O) groups is 1. The van der Waals surface area contributed by atoms with Crippen molar-refractivity contribution in [1.82, 2.24) is 20.1 Å². The van der Waals surface area contributed by atoms with Gasteiger partial charge in [0.1, 0.15) is 5.67 Å². The largest absolute Gasteiger partial charge is 0.348 e. The van der Waals surface area contributed by atoms with Gasteiger partial charge < -0.3 is 5.32 Å². The van der Waals surface area contributed by atoms with E-state index in [1.807, 2.05) is 43.5 Å². The first-order valence-corrected chi connectivity index (χ1v) is 9.41. The number of nitrogens with zero attached hydrogens (tertiary/aromatic N) is 3. The molecule has 1 N–H and O–H groups in total. The molecule has 3 aromatic rings. The van der Waals surface area contributed by atoms with Gasteiger partial charge in [0.2, 0.25) is 0 Å². The zero-order chi connectivity index (χ0) is 19.9. The molecular formula is C22H23FN4O. The number of fused-ring (bicyclic) bond motifs is 1. The van der Waals surface area contributed by atoms with Gasteiger partial charge >= 0.3 is 0 Å². The van der Waals surface area contributed by atoms with E-state index in [9.17, 15) is 9.18 Å². The van der Waals surface area contributed by atoms with Crippen molar-refractivity contribution in [1.29, 1.82) is 0 Å². The van der Waals surface area contributed by atoms with Gasteiger partial charge in [-0.1, -0.05) is 18.2 Å². The van der Waals surface area contributed by atoms with E-state index in [-0.39, 0.29) is 5.91 Å². The zero-order valence-corrected chi connectivity index (χ0v) is 16.3. The lowest BCUT2D eigenvalue weighted by atomic mass is 9.98. The molecule has 0 saturated heterocycles. The molecule has 0 bridgehead atoms. The number of rotatable bonds is 5. The van der Waals surface area contributed by atoms with E-state index in [1.165, 1.54) is 0 Å². The Morgan fingerprint density at radius 3 is 2.79 bits per heavy atom. The zero-order valence-electron chi connectivity index (χ0n) is 16.3. The average Bonchev–Trinajstić information content (AvgIpc) is 3.26. The lowest BCUT2D eigenvalue weighted by Crippen LogP contribution is -2.15. The molecule has 1 amide bonds. The van der Waals surface area contributed by atoms with Crippen LogP contribution < -0.4 is 5.32 Å². The maximum atomic E-state index is 13.8. The maximum absolute atomic E-state index is 13.8. The van der Waals surface area contributed by atoms with Gasteiger partial charge in [0.15, 0.2) is 0 Å². The van der Waals surface area contributed by atoms with Gasteiger partial charge in [0.05, 0.1) is 11.9 Å². The molecule has 0 atom stereocenters. The minimum absolute atomic E-state index is 0.0484. The summed E-state index contributed by atoms with van der Waals surface area (Å²) in [5, 5.41) is 7.23. The number of aryl methyl sites for hydroxylation is 2. The molecule has 2 aromatic heterocycles. The molecule has 1 aromatic carbocycles. The third-order valence-electron chi connectivity index (χ3n) is 4.98.